The van der Waals surface area contributed by atoms with Gasteiger partial charge in [-0.15, -0.1) is 0 Å². The van der Waals surface area contributed by atoms with Crippen LogP contribution in [0.25, 0.3) is 0 Å². The number of rotatable bonds is 4. The Labute approximate surface area is 85.5 Å². The number of likely N-dealkylation sites (N-methyl/N-ethyl adjacent to an activating group) is 1. The molecule has 1 N–H and O–H groups in total. The number of hydrogen-bond acceptors (Lipinski definition) is 5. The van der Waals surface area contributed by atoms with E-state index in [0.29, 0.717) is 13.2 Å². The topological polar surface area (TPSA) is 59.9 Å². The molecule has 0 spiro atoms. The van der Waals surface area contributed by atoms with Crippen molar-refractivity contribution in [3.63, 3.8) is 0 Å². The summed E-state index contributed by atoms with van der Waals surface area (Å²) in [5.41, 5.74) is 0. The van der Waals surface area contributed by atoms with Crippen LogP contribution in [0.2, 0.25) is 10.6 Å². The second kappa shape index (κ2) is 5.16. The molecule has 1 aromatic heterocycles. The Kier molecular flexibility index (Phi) is 4.14. The molecule has 0 bridgehead atoms. The van der Waals surface area contributed by atoms with Gasteiger partial charge in [0.1, 0.15) is 6.61 Å². The molecule has 0 aliphatic rings. The van der Waals surface area contributed by atoms with Gasteiger partial charge in [-0.25, -0.2) is 0 Å². The predicted octanol–water partition coefficient (Wildman–Crippen LogP) is 0.777. The molecular weight excluding hydrogens is 215 g/mol. The first kappa shape index (κ1) is 10.4. The van der Waals surface area contributed by atoms with Crippen molar-refractivity contribution in [2.24, 2.45) is 0 Å². The van der Waals surface area contributed by atoms with Crippen molar-refractivity contribution in [3.05, 3.63) is 10.6 Å². The van der Waals surface area contributed by atoms with Crippen molar-refractivity contribution in [1.82, 2.24) is 20.3 Å². The van der Waals surface area contributed by atoms with E-state index < -0.39 is 0 Å². The summed E-state index contributed by atoms with van der Waals surface area (Å²) in [7, 11) is 1.82. The molecule has 5 nitrogen and oxygen atoms in total. The van der Waals surface area contributed by atoms with Crippen molar-refractivity contribution in [1.29, 1.82) is 0 Å². The molecule has 0 atom stereocenters. The summed E-state index contributed by atoms with van der Waals surface area (Å²) in [6.45, 7) is 1.15. The maximum atomic E-state index is 5.52. The standard InChI is InChI=1S/C6H8Cl2N4O/c1-9-2-3-13-6-11-4(7)10-5(8)12-6/h9H,2-3H2,1H3. The van der Waals surface area contributed by atoms with Gasteiger partial charge in [0.2, 0.25) is 10.6 Å². The maximum Gasteiger partial charge on any atom is 0.322 e. The fourth-order valence-electron chi connectivity index (χ4n) is 0.618. The Morgan fingerprint density at radius 1 is 1.23 bits per heavy atom. The molecule has 0 amide bonds. The molecule has 0 radical (unpaired) electrons. The highest BCUT2D eigenvalue weighted by Crippen LogP contribution is 2.10. The lowest BCUT2D eigenvalue weighted by Gasteiger charge is -2.02. The maximum absolute atomic E-state index is 5.52. The van der Waals surface area contributed by atoms with Gasteiger partial charge in [-0.1, -0.05) is 0 Å². The quantitative estimate of drug-likeness (QED) is 0.764. The highest BCUT2D eigenvalue weighted by atomic mass is 35.5. The minimum atomic E-state index is 0.0273. The van der Waals surface area contributed by atoms with Gasteiger partial charge in [-0.3, -0.25) is 0 Å². The smallest absolute Gasteiger partial charge is 0.322 e. The van der Waals surface area contributed by atoms with Crippen molar-refractivity contribution >= 4 is 23.2 Å². The van der Waals surface area contributed by atoms with Crippen molar-refractivity contribution in [2.75, 3.05) is 20.2 Å². The Morgan fingerprint density at radius 3 is 2.38 bits per heavy atom. The van der Waals surface area contributed by atoms with Gasteiger partial charge in [-0.2, -0.15) is 15.0 Å². The van der Waals surface area contributed by atoms with E-state index >= 15 is 0 Å². The van der Waals surface area contributed by atoms with Gasteiger partial charge < -0.3 is 10.1 Å². The van der Waals surface area contributed by atoms with E-state index in [9.17, 15) is 0 Å². The van der Waals surface area contributed by atoms with E-state index in [2.05, 4.69) is 20.3 Å². The molecule has 0 saturated carbocycles. The molecular formula is C6H8Cl2N4O. The largest absolute Gasteiger partial charge is 0.462 e. The first-order valence-corrected chi connectivity index (χ1v) is 4.32. The summed E-state index contributed by atoms with van der Waals surface area (Å²) < 4.78 is 5.11. The van der Waals surface area contributed by atoms with Gasteiger partial charge in [0, 0.05) is 6.54 Å². The molecule has 72 valence electrons. The van der Waals surface area contributed by atoms with Crippen molar-refractivity contribution in [2.45, 2.75) is 0 Å². The Bertz CT molecular complexity index is 263. The third-order valence-corrected chi connectivity index (χ3v) is 1.48. The summed E-state index contributed by atoms with van der Waals surface area (Å²) in [6.07, 6.45) is 0. The monoisotopic (exact) mass is 222 g/mol. The van der Waals surface area contributed by atoms with Crippen molar-refractivity contribution < 1.29 is 4.74 Å². The summed E-state index contributed by atoms with van der Waals surface area (Å²) in [4.78, 5) is 11.0. The number of aromatic nitrogens is 3. The van der Waals surface area contributed by atoms with Crippen LogP contribution in [0.4, 0.5) is 0 Å². The fraction of sp³-hybridized carbons (Fsp3) is 0.500. The van der Waals surface area contributed by atoms with Crippen LogP contribution in [0.1, 0.15) is 0 Å². The molecule has 0 unspecified atom stereocenters. The van der Waals surface area contributed by atoms with E-state index in [4.69, 9.17) is 27.9 Å². The zero-order valence-electron chi connectivity index (χ0n) is 6.92. The van der Waals surface area contributed by atoms with E-state index in [1.165, 1.54) is 0 Å². The predicted molar refractivity (Wildman–Crippen MR) is 49.3 cm³/mol. The molecule has 1 aromatic rings. The Morgan fingerprint density at radius 2 is 1.85 bits per heavy atom. The number of hydrogen-bond donors (Lipinski definition) is 1. The van der Waals surface area contributed by atoms with Crippen molar-refractivity contribution in [3.8, 4) is 6.01 Å². The van der Waals surface area contributed by atoms with Crippen LogP contribution in [0.15, 0.2) is 0 Å². The molecule has 0 fully saturated rings. The average Bonchev–Trinajstić information content (AvgIpc) is 2.03. The average molecular weight is 223 g/mol. The molecule has 1 heterocycles. The lowest BCUT2D eigenvalue weighted by Crippen LogP contribution is -2.17. The van der Waals surface area contributed by atoms with Crippen LogP contribution >= 0.6 is 23.2 Å². The zero-order chi connectivity index (χ0) is 9.68. The van der Waals surface area contributed by atoms with Gasteiger partial charge in [-0.05, 0) is 30.2 Å². The molecule has 0 aliphatic heterocycles. The minimum absolute atomic E-state index is 0.0273. The number of ether oxygens (including phenoxy) is 1. The number of halogens is 2. The number of nitrogens with zero attached hydrogens (tertiary/aromatic N) is 3. The summed E-state index contributed by atoms with van der Waals surface area (Å²) in [6, 6.07) is 0.139. The van der Waals surface area contributed by atoms with Gasteiger partial charge in [0.05, 0.1) is 0 Å². The minimum Gasteiger partial charge on any atom is -0.462 e. The third-order valence-electron chi connectivity index (χ3n) is 1.14. The van der Waals surface area contributed by atoms with Crippen LogP contribution in [0.5, 0.6) is 6.01 Å². The molecule has 0 aromatic carbocycles. The second-order valence-corrected chi connectivity index (χ2v) is 2.78. The molecule has 0 aliphatic carbocycles. The molecule has 7 heteroatoms. The normalized spacial score (nSPS) is 10.1. The zero-order valence-corrected chi connectivity index (χ0v) is 8.43. The van der Waals surface area contributed by atoms with E-state index in [1.54, 1.807) is 0 Å². The highest BCUT2D eigenvalue weighted by molar-refractivity contribution is 6.31. The first-order valence-electron chi connectivity index (χ1n) is 3.57. The SMILES string of the molecule is CNCCOc1nc(Cl)nc(Cl)n1. The second-order valence-electron chi connectivity index (χ2n) is 2.11. The summed E-state index contributed by atoms with van der Waals surface area (Å²) >= 11 is 11.0. The van der Waals surface area contributed by atoms with E-state index in [-0.39, 0.29) is 16.6 Å². The lowest BCUT2D eigenvalue weighted by molar-refractivity contribution is 0.292. The highest BCUT2D eigenvalue weighted by Gasteiger charge is 2.02. The first-order chi connectivity index (χ1) is 6.22. The number of nitrogens with one attached hydrogen (secondary N) is 1. The van der Waals surface area contributed by atoms with Gasteiger partial charge >= 0.3 is 6.01 Å². The lowest BCUT2D eigenvalue weighted by atomic mass is 10.7. The van der Waals surface area contributed by atoms with Crippen LogP contribution in [-0.2, 0) is 0 Å². The Hall–Kier alpha value is -0.650. The van der Waals surface area contributed by atoms with Crippen LogP contribution in [0.3, 0.4) is 0 Å². The molecule has 13 heavy (non-hydrogen) atoms. The fourth-order valence-corrected chi connectivity index (χ4v) is 0.966. The van der Waals surface area contributed by atoms with E-state index in [0.717, 1.165) is 0 Å². The summed E-state index contributed by atoms with van der Waals surface area (Å²) in [5.74, 6) is 0. The van der Waals surface area contributed by atoms with Gasteiger partial charge in [0.25, 0.3) is 0 Å². The Balaban J connectivity index is 2.56. The van der Waals surface area contributed by atoms with Crippen LogP contribution in [-0.4, -0.2) is 35.2 Å². The van der Waals surface area contributed by atoms with E-state index in [1.807, 2.05) is 7.05 Å². The third kappa shape index (κ3) is 3.71. The molecule has 1 rings (SSSR count). The molecule has 0 saturated heterocycles. The van der Waals surface area contributed by atoms with Gasteiger partial charge in [0.15, 0.2) is 0 Å². The summed E-state index contributed by atoms with van der Waals surface area (Å²) in [5, 5.41) is 2.96. The van der Waals surface area contributed by atoms with Crippen LogP contribution < -0.4 is 10.1 Å². The van der Waals surface area contributed by atoms with Crippen LogP contribution in [0, 0.1) is 0 Å².